The molecule has 0 spiro atoms. The summed E-state index contributed by atoms with van der Waals surface area (Å²) in [6.45, 7) is 8.14. The summed E-state index contributed by atoms with van der Waals surface area (Å²) in [5.41, 5.74) is -0.421. The van der Waals surface area contributed by atoms with Crippen molar-refractivity contribution < 1.29 is 9.53 Å². The Hall–Kier alpha value is -0.870. The normalized spacial score (nSPS) is 13.5. The van der Waals surface area contributed by atoms with Crippen LogP contribution in [0.4, 0.5) is 0 Å². The number of carbonyl (C=O) groups is 1. The van der Waals surface area contributed by atoms with Crippen LogP contribution in [0.1, 0.15) is 32.6 Å². The molecule has 0 bridgehead atoms. The molecule has 0 amide bonds. The summed E-state index contributed by atoms with van der Waals surface area (Å²) in [6, 6.07) is 3.76. The molecule has 0 radical (unpaired) electrons. The highest BCUT2D eigenvalue weighted by Crippen LogP contribution is 2.10. The fourth-order valence-electron chi connectivity index (χ4n) is 1.14. The minimum Gasteiger partial charge on any atom is -0.459 e. The molecule has 16 heavy (non-hydrogen) atoms. The summed E-state index contributed by atoms with van der Waals surface area (Å²) >= 11 is 1.68. The molecular weight excluding hydrogens is 222 g/mol. The molecule has 0 aromatic carbocycles. The first kappa shape index (κ1) is 13.2. The van der Waals surface area contributed by atoms with Crippen molar-refractivity contribution in [2.45, 2.75) is 45.9 Å². The van der Waals surface area contributed by atoms with Crippen molar-refractivity contribution in [1.82, 2.24) is 5.32 Å². The molecule has 3 nitrogen and oxygen atoms in total. The van der Waals surface area contributed by atoms with Crippen LogP contribution in [-0.4, -0.2) is 17.6 Å². The number of esters is 1. The third-order valence-electron chi connectivity index (χ3n) is 1.92. The fourth-order valence-corrected chi connectivity index (χ4v) is 1.80. The maximum Gasteiger partial charge on any atom is 0.323 e. The van der Waals surface area contributed by atoms with Crippen molar-refractivity contribution in [1.29, 1.82) is 0 Å². The second-order valence-corrected chi connectivity index (χ2v) is 5.75. The van der Waals surface area contributed by atoms with E-state index in [9.17, 15) is 4.79 Å². The largest absolute Gasteiger partial charge is 0.459 e. The average Bonchev–Trinajstić information content (AvgIpc) is 2.63. The van der Waals surface area contributed by atoms with Gasteiger partial charge >= 0.3 is 5.97 Å². The van der Waals surface area contributed by atoms with Gasteiger partial charge in [-0.25, -0.2) is 0 Å². The smallest absolute Gasteiger partial charge is 0.323 e. The third-order valence-corrected chi connectivity index (χ3v) is 2.80. The van der Waals surface area contributed by atoms with Gasteiger partial charge in [0, 0.05) is 11.4 Å². The topological polar surface area (TPSA) is 38.3 Å². The first-order chi connectivity index (χ1) is 7.38. The van der Waals surface area contributed by atoms with E-state index in [0.717, 1.165) is 0 Å². The van der Waals surface area contributed by atoms with Gasteiger partial charge in [-0.3, -0.25) is 10.1 Å². The third kappa shape index (κ3) is 4.77. The molecule has 0 unspecified atom stereocenters. The van der Waals surface area contributed by atoms with Gasteiger partial charge in [0.15, 0.2) is 0 Å². The van der Waals surface area contributed by atoms with E-state index in [-0.39, 0.29) is 12.0 Å². The number of nitrogens with one attached hydrogen (secondary N) is 1. The predicted octanol–water partition coefficient (Wildman–Crippen LogP) is 2.57. The fraction of sp³-hybridized carbons (Fsp3) is 0.583. The number of ether oxygens (including phenoxy) is 1. The van der Waals surface area contributed by atoms with Gasteiger partial charge in [0.1, 0.15) is 11.6 Å². The molecule has 1 aromatic rings. The van der Waals surface area contributed by atoms with Crippen molar-refractivity contribution in [2.75, 3.05) is 0 Å². The molecule has 1 rings (SSSR count). The molecule has 0 aliphatic carbocycles. The molecule has 0 saturated carbocycles. The average molecular weight is 241 g/mol. The van der Waals surface area contributed by atoms with Crippen LogP contribution in [0.15, 0.2) is 17.5 Å². The lowest BCUT2D eigenvalue weighted by Gasteiger charge is -2.22. The molecule has 0 aliphatic rings. The van der Waals surface area contributed by atoms with E-state index in [0.29, 0.717) is 6.54 Å². The summed E-state index contributed by atoms with van der Waals surface area (Å²) in [4.78, 5) is 12.9. The van der Waals surface area contributed by atoms with E-state index >= 15 is 0 Å². The molecule has 0 saturated heterocycles. The molecule has 1 aromatic heterocycles. The van der Waals surface area contributed by atoms with Crippen molar-refractivity contribution in [3.8, 4) is 0 Å². The van der Waals surface area contributed by atoms with Gasteiger partial charge in [0.05, 0.1) is 0 Å². The van der Waals surface area contributed by atoms with Gasteiger partial charge in [-0.1, -0.05) is 6.07 Å². The van der Waals surface area contributed by atoms with E-state index < -0.39 is 5.60 Å². The van der Waals surface area contributed by atoms with Crippen LogP contribution >= 0.6 is 11.3 Å². The number of hydrogen-bond acceptors (Lipinski definition) is 4. The van der Waals surface area contributed by atoms with Crippen LogP contribution < -0.4 is 5.32 Å². The second-order valence-electron chi connectivity index (χ2n) is 4.72. The van der Waals surface area contributed by atoms with Gasteiger partial charge in [-0.2, -0.15) is 0 Å². The maximum absolute atomic E-state index is 11.6. The van der Waals surface area contributed by atoms with E-state index in [2.05, 4.69) is 5.32 Å². The molecule has 0 fully saturated rings. The first-order valence-corrected chi connectivity index (χ1v) is 6.25. The highest BCUT2D eigenvalue weighted by Gasteiger charge is 2.21. The number of hydrogen-bond donors (Lipinski definition) is 1. The van der Waals surface area contributed by atoms with Gasteiger partial charge in [-0.15, -0.1) is 11.3 Å². The minimum absolute atomic E-state index is 0.205. The Balaban J connectivity index is 2.35. The van der Waals surface area contributed by atoms with E-state index in [1.807, 2.05) is 45.2 Å². The van der Waals surface area contributed by atoms with Crippen LogP contribution in [0.25, 0.3) is 0 Å². The van der Waals surface area contributed by atoms with Gasteiger partial charge in [0.2, 0.25) is 0 Å². The Morgan fingerprint density at radius 2 is 2.25 bits per heavy atom. The Kier molecular flexibility index (Phi) is 4.50. The second kappa shape index (κ2) is 5.46. The number of thiophene rings is 1. The standard InChI is InChI=1S/C12H19NO2S/c1-9(11(14)15-12(2,3)4)13-8-10-6-5-7-16-10/h5-7,9,13H,8H2,1-4H3/t9-/m1/s1. The highest BCUT2D eigenvalue weighted by atomic mass is 32.1. The van der Waals surface area contributed by atoms with Crippen LogP contribution in [0.5, 0.6) is 0 Å². The quantitative estimate of drug-likeness (QED) is 0.823. The number of carbonyl (C=O) groups excluding carboxylic acids is 1. The molecule has 0 aliphatic heterocycles. The molecule has 1 heterocycles. The molecular formula is C12H19NO2S. The lowest BCUT2D eigenvalue weighted by molar-refractivity contribution is -0.157. The summed E-state index contributed by atoms with van der Waals surface area (Å²) in [7, 11) is 0. The molecule has 4 heteroatoms. The summed E-state index contributed by atoms with van der Waals surface area (Å²) < 4.78 is 5.27. The number of rotatable bonds is 4. The summed E-state index contributed by atoms with van der Waals surface area (Å²) in [5.74, 6) is -0.205. The van der Waals surface area contributed by atoms with Crippen LogP contribution in [-0.2, 0) is 16.1 Å². The van der Waals surface area contributed by atoms with Gasteiger partial charge in [-0.05, 0) is 39.1 Å². The Morgan fingerprint density at radius 3 is 2.75 bits per heavy atom. The Labute approximate surface area is 101 Å². The molecule has 1 atom stereocenters. The zero-order valence-corrected chi connectivity index (χ0v) is 11.1. The van der Waals surface area contributed by atoms with E-state index in [4.69, 9.17) is 4.74 Å². The zero-order valence-electron chi connectivity index (χ0n) is 10.2. The van der Waals surface area contributed by atoms with Crippen molar-refractivity contribution >= 4 is 17.3 Å². The predicted molar refractivity (Wildman–Crippen MR) is 66.5 cm³/mol. The van der Waals surface area contributed by atoms with Gasteiger partial charge < -0.3 is 4.74 Å². The molecule has 90 valence electrons. The van der Waals surface area contributed by atoms with E-state index in [1.54, 1.807) is 11.3 Å². The first-order valence-electron chi connectivity index (χ1n) is 5.37. The van der Waals surface area contributed by atoms with Crippen molar-refractivity contribution in [3.05, 3.63) is 22.4 Å². The van der Waals surface area contributed by atoms with Crippen LogP contribution in [0.3, 0.4) is 0 Å². The maximum atomic E-state index is 11.6. The zero-order chi connectivity index (χ0) is 12.2. The minimum atomic E-state index is -0.421. The van der Waals surface area contributed by atoms with Crippen LogP contribution in [0, 0.1) is 0 Å². The lowest BCUT2D eigenvalue weighted by atomic mass is 10.2. The Morgan fingerprint density at radius 1 is 1.56 bits per heavy atom. The summed E-state index contributed by atoms with van der Waals surface area (Å²) in [5, 5.41) is 5.17. The van der Waals surface area contributed by atoms with Crippen molar-refractivity contribution in [3.63, 3.8) is 0 Å². The van der Waals surface area contributed by atoms with Crippen LogP contribution in [0.2, 0.25) is 0 Å². The van der Waals surface area contributed by atoms with Gasteiger partial charge in [0.25, 0.3) is 0 Å². The molecule has 1 N–H and O–H groups in total. The van der Waals surface area contributed by atoms with E-state index in [1.165, 1.54) is 4.88 Å². The van der Waals surface area contributed by atoms with Crippen molar-refractivity contribution in [2.24, 2.45) is 0 Å². The SMILES string of the molecule is C[C@@H](NCc1cccs1)C(=O)OC(C)(C)C. The monoisotopic (exact) mass is 241 g/mol. The Bertz CT molecular complexity index is 327. The highest BCUT2D eigenvalue weighted by molar-refractivity contribution is 7.09. The lowest BCUT2D eigenvalue weighted by Crippen LogP contribution is -2.38. The summed E-state index contributed by atoms with van der Waals surface area (Å²) in [6.07, 6.45) is 0.